The zero-order valence-electron chi connectivity index (χ0n) is 8.63. The van der Waals surface area contributed by atoms with Crippen molar-refractivity contribution >= 4 is 9.46 Å². The number of halogens is 2. The lowest BCUT2D eigenvalue weighted by Crippen LogP contribution is -2.08. The molecular formula is C11H16F2Si. The summed E-state index contributed by atoms with van der Waals surface area (Å²) in [7, 11) is -3.39. The molecule has 0 heterocycles. The Morgan fingerprint density at radius 1 is 1.29 bits per heavy atom. The first kappa shape index (κ1) is 11.4. The number of benzene rings is 1. The van der Waals surface area contributed by atoms with Gasteiger partial charge in [-0.1, -0.05) is 31.2 Å². The van der Waals surface area contributed by atoms with Crippen molar-refractivity contribution in [3.63, 3.8) is 0 Å². The van der Waals surface area contributed by atoms with Gasteiger partial charge in [0.15, 0.2) is 0 Å². The SMILES string of the molecule is Cc1ccccc1CC(C)C[SiH](F)F. The number of hydrogen-bond acceptors (Lipinski definition) is 0. The van der Waals surface area contributed by atoms with Gasteiger partial charge in [-0.15, -0.1) is 0 Å². The summed E-state index contributed by atoms with van der Waals surface area (Å²) >= 11 is 0. The lowest BCUT2D eigenvalue weighted by atomic mass is 9.99. The van der Waals surface area contributed by atoms with Gasteiger partial charge in [-0.3, -0.25) is 8.22 Å². The van der Waals surface area contributed by atoms with Crippen molar-refractivity contribution in [1.29, 1.82) is 0 Å². The van der Waals surface area contributed by atoms with E-state index in [4.69, 9.17) is 0 Å². The molecule has 0 spiro atoms. The summed E-state index contributed by atoms with van der Waals surface area (Å²) in [4.78, 5) is 0. The van der Waals surface area contributed by atoms with Crippen LogP contribution in [0.4, 0.5) is 8.22 Å². The van der Waals surface area contributed by atoms with Gasteiger partial charge in [0.25, 0.3) is 0 Å². The normalized spacial score (nSPS) is 13.2. The van der Waals surface area contributed by atoms with Crippen molar-refractivity contribution in [3.8, 4) is 0 Å². The molecule has 0 nitrogen and oxygen atoms in total. The molecule has 1 atom stereocenters. The molecule has 78 valence electrons. The Labute approximate surface area is 85.9 Å². The van der Waals surface area contributed by atoms with E-state index in [0.717, 1.165) is 6.42 Å². The van der Waals surface area contributed by atoms with Crippen LogP contribution in [0.5, 0.6) is 0 Å². The maximum atomic E-state index is 12.2. The van der Waals surface area contributed by atoms with Crippen molar-refractivity contribution in [3.05, 3.63) is 35.4 Å². The fourth-order valence-electron chi connectivity index (χ4n) is 1.60. The molecule has 1 unspecified atom stereocenters. The van der Waals surface area contributed by atoms with E-state index in [0.29, 0.717) is 0 Å². The van der Waals surface area contributed by atoms with E-state index in [1.807, 2.05) is 38.1 Å². The van der Waals surface area contributed by atoms with Crippen molar-refractivity contribution in [1.82, 2.24) is 0 Å². The van der Waals surface area contributed by atoms with Crippen molar-refractivity contribution < 1.29 is 8.22 Å². The van der Waals surface area contributed by atoms with Gasteiger partial charge in [0.1, 0.15) is 0 Å². The minimum atomic E-state index is -3.39. The van der Waals surface area contributed by atoms with E-state index >= 15 is 0 Å². The number of hydrogen-bond donors (Lipinski definition) is 0. The zero-order valence-corrected chi connectivity index (χ0v) is 9.79. The summed E-state index contributed by atoms with van der Waals surface area (Å²) in [6.07, 6.45) is 0.782. The predicted octanol–water partition coefficient (Wildman–Crippen LogP) is 3.33. The molecule has 0 aliphatic carbocycles. The molecule has 1 aromatic rings. The molecule has 0 aliphatic rings. The molecular weight excluding hydrogens is 198 g/mol. The van der Waals surface area contributed by atoms with E-state index in [9.17, 15) is 8.22 Å². The second kappa shape index (κ2) is 5.25. The number of aryl methyl sites for hydroxylation is 1. The first-order valence-electron chi connectivity index (χ1n) is 4.92. The van der Waals surface area contributed by atoms with Crippen LogP contribution in [-0.2, 0) is 6.42 Å². The van der Waals surface area contributed by atoms with Crippen LogP contribution < -0.4 is 0 Å². The summed E-state index contributed by atoms with van der Waals surface area (Å²) in [6, 6.07) is 8.13. The van der Waals surface area contributed by atoms with Gasteiger partial charge < -0.3 is 0 Å². The van der Waals surface area contributed by atoms with Gasteiger partial charge in [-0.05, 0) is 36.4 Å². The van der Waals surface area contributed by atoms with Gasteiger partial charge in [-0.2, -0.15) is 0 Å². The van der Waals surface area contributed by atoms with Gasteiger partial charge in [0.2, 0.25) is 0 Å². The van der Waals surface area contributed by atoms with Crippen molar-refractivity contribution in [2.45, 2.75) is 26.3 Å². The standard InChI is InChI=1S/C11H16F2Si/c1-9(8-14(12)13)7-11-6-4-3-5-10(11)2/h3-6,9,14H,7-8H2,1-2H3. The Kier molecular flexibility index (Phi) is 4.26. The molecule has 0 saturated carbocycles. The van der Waals surface area contributed by atoms with Gasteiger partial charge >= 0.3 is 9.46 Å². The molecule has 1 aromatic carbocycles. The molecule has 3 heteroatoms. The fourth-order valence-corrected chi connectivity index (χ4v) is 2.38. The molecule has 0 aromatic heterocycles. The van der Waals surface area contributed by atoms with E-state index in [1.54, 1.807) is 0 Å². The third-order valence-electron chi connectivity index (χ3n) is 2.41. The summed E-state index contributed by atoms with van der Waals surface area (Å²) in [6.45, 7) is 3.94. The van der Waals surface area contributed by atoms with Crippen LogP contribution in [0.2, 0.25) is 6.04 Å². The molecule has 0 N–H and O–H groups in total. The van der Waals surface area contributed by atoms with E-state index in [-0.39, 0.29) is 12.0 Å². The van der Waals surface area contributed by atoms with E-state index < -0.39 is 9.46 Å². The average molecular weight is 214 g/mol. The second-order valence-corrected chi connectivity index (χ2v) is 5.12. The van der Waals surface area contributed by atoms with Gasteiger partial charge in [-0.25, -0.2) is 0 Å². The van der Waals surface area contributed by atoms with Gasteiger partial charge in [0, 0.05) is 0 Å². The quantitative estimate of drug-likeness (QED) is 0.533. The second-order valence-electron chi connectivity index (χ2n) is 3.86. The van der Waals surface area contributed by atoms with Gasteiger partial charge in [0.05, 0.1) is 0 Å². The lowest BCUT2D eigenvalue weighted by molar-refractivity contribution is 0.567. The summed E-state index contributed by atoms with van der Waals surface area (Å²) in [5.41, 5.74) is 2.41. The maximum absolute atomic E-state index is 12.2. The van der Waals surface area contributed by atoms with Crippen LogP contribution >= 0.6 is 0 Å². The van der Waals surface area contributed by atoms with Crippen LogP contribution in [0.25, 0.3) is 0 Å². The topological polar surface area (TPSA) is 0 Å². The molecule has 0 amide bonds. The van der Waals surface area contributed by atoms with Crippen LogP contribution in [0.3, 0.4) is 0 Å². The highest BCUT2D eigenvalue weighted by Gasteiger charge is 2.14. The maximum Gasteiger partial charge on any atom is 0.411 e. The van der Waals surface area contributed by atoms with Crippen LogP contribution in [-0.4, -0.2) is 9.46 Å². The Bertz CT molecular complexity index is 286. The summed E-state index contributed by atoms with van der Waals surface area (Å²) < 4.78 is 24.5. The molecule has 1 rings (SSSR count). The average Bonchev–Trinajstić information content (AvgIpc) is 2.07. The smallest absolute Gasteiger partial charge is 0.275 e. The Balaban J connectivity index is 2.56. The molecule has 0 fully saturated rings. The molecule has 0 saturated heterocycles. The van der Waals surface area contributed by atoms with Crippen molar-refractivity contribution in [2.75, 3.05) is 0 Å². The summed E-state index contributed by atoms with van der Waals surface area (Å²) in [5.74, 6) is 0.114. The van der Waals surface area contributed by atoms with Crippen molar-refractivity contribution in [2.24, 2.45) is 5.92 Å². The number of rotatable bonds is 4. The highest BCUT2D eigenvalue weighted by atomic mass is 28.4. The first-order valence-corrected chi connectivity index (χ1v) is 6.61. The predicted molar refractivity (Wildman–Crippen MR) is 58.2 cm³/mol. The van der Waals surface area contributed by atoms with Crippen LogP contribution in [0.1, 0.15) is 18.1 Å². The Morgan fingerprint density at radius 3 is 2.50 bits per heavy atom. The fraction of sp³-hybridized carbons (Fsp3) is 0.455. The molecule has 0 bridgehead atoms. The minimum Gasteiger partial charge on any atom is -0.275 e. The van der Waals surface area contributed by atoms with E-state index in [2.05, 4.69) is 0 Å². The van der Waals surface area contributed by atoms with E-state index in [1.165, 1.54) is 11.1 Å². The van der Waals surface area contributed by atoms with Crippen LogP contribution in [0.15, 0.2) is 24.3 Å². The lowest BCUT2D eigenvalue weighted by Gasteiger charge is -2.11. The monoisotopic (exact) mass is 214 g/mol. The highest BCUT2D eigenvalue weighted by molar-refractivity contribution is 6.42. The first-order chi connectivity index (χ1) is 6.59. The largest absolute Gasteiger partial charge is 0.411 e. The third-order valence-corrected chi connectivity index (χ3v) is 3.57. The molecule has 0 aliphatic heterocycles. The third kappa shape index (κ3) is 3.58. The highest BCUT2D eigenvalue weighted by Crippen LogP contribution is 2.17. The Morgan fingerprint density at radius 2 is 1.93 bits per heavy atom. The van der Waals surface area contributed by atoms with Crippen LogP contribution in [0, 0.1) is 12.8 Å². The minimum absolute atomic E-state index is 0.114. The Hall–Kier alpha value is -0.703. The summed E-state index contributed by atoms with van der Waals surface area (Å²) in [5, 5.41) is 0. The molecule has 0 radical (unpaired) electrons. The zero-order chi connectivity index (χ0) is 10.6. The molecule has 14 heavy (non-hydrogen) atoms.